The minimum absolute atomic E-state index is 0.00283. The van der Waals surface area contributed by atoms with Crippen LogP contribution in [-0.2, 0) is 4.79 Å². The molecule has 2 amide bonds. The van der Waals surface area contributed by atoms with Crippen LogP contribution in [0.3, 0.4) is 0 Å². The second-order valence-corrected chi connectivity index (χ2v) is 5.78. The lowest BCUT2D eigenvalue weighted by atomic mass is 10.1. The number of hydrogen-bond acceptors (Lipinski definition) is 4. The molecule has 0 saturated carbocycles. The van der Waals surface area contributed by atoms with E-state index in [-0.39, 0.29) is 17.6 Å². The van der Waals surface area contributed by atoms with E-state index in [0.717, 1.165) is 11.1 Å². The van der Waals surface area contributed by atoms with Crippen molar-refractivity contribution < 1.29 is 14.3 Å². The maximum Gasteiger partial charge on any atom is 0.276 e. The summed E-state index contributed by atoms with van der Waals surface area (Å²) in [6.07, 6.45) is 0. The zero-order valence-corrected chi connectivity index (χ0v) is 14.8. The van der Waals surface area contributed by atoms with Crippen molar-refractivity contribution in [3.63, 3.8) is 0 Å². The number of amides is 2. The summed E-state index contributed by atoms with van der Waals surface area (Å²) in [6, 6.07) is 14.5. The Balaban J connectivity index is 1.74. The number of thiocarbonyl (C=S) groups is 1. The number of rotatable bonds is 4. The second kappa shape index (κ2) is 8.79. The molecule has 0 aromatic heterocycles. The number of carbonyl (C=O) groups excluding carboxylic acids is 2. The summed E-state index contributed by atoms with van der Waals surface area (Å²) in [5, 5.41) is 2.50. The van der Waals surface area contributed by atoms with Gasteiger partial charge < -0.3 is 4.74 Å². The fourth-order valence-corrected chi connectivity index (χ4v) is 2.12. The van der Waals surface area contributed by atoms with Gasteiger partial charge >= 0.3 is 0 Å². The Bertz CT molecular complexity index is 775. The molecule has 2 rings (SSSR count). The minimum Gasteiger partial charge on any atom is -0.484 e. The van der Waals surface area contributed by atoms with Gasteiger partial charge in [-0.2, -0.15) is 0 Å². The molecule has 2 aromatic carbocycles. The third-order valence-electron chi connectivity index (χ3n) is 3.32. The molecule has 130 valence electrons. The highest BCUT2D eigenvalue weighted by molar-refractivity contribution is 7.80. The molecule has 0 fully saturated rings. The zero-order valence-electron chi connectivity index (χ0n) is 14.0. The molecular weight excluding hydrogens is 338 g/mol. The van der Waals surface area contributed by atoms with E-state index >= 15 is 0 Å². The van der Waals surface area contributed by atoms with Crippen LogP contribution < -0.4 is 20.9 Å². The number of benzene rings is 2. The molecule has 0 saturated heterocycles. The van der Waals surface area contributed by atoms with Crippen LogP contribution >= 0.6 is 12.2 Å². The highest BCUT2D eigenvalue weighted by Crippen LogP contribution is 2.10. The summed E-state index contributed by atoms with van der Waals surface area (Å²) in [7, 11) is 0. The highest BCUT2D eigenvalue weighted by atomic mass is 32.1. The molecule has 25 heavy (non-hydrogen) atoms. The lowest BCUT2D eigenvalue weighted by molar-refractivity contribution is -0.123. The van der Waals surface area contributed by atoms with Crippen molar-refractivity contribution in [3.8, 4) is 5.75 Å². The van der Waals surface area contributed by atoms with Crippen molar-refractivity contribution in [3.05, 3.63) is 65.2 Å². The first-order valence-corrected chi connectivity index (χ1v) is 8.02. The Morgan fingerprint density at radius 2 is 1.68 bits per heavy atom. The lowest BCUT2D eigenvalue weighted by Gasteiger charge is -2.12. The Labute approximate surface area is 151 Å². The highest BCUT2D eigenvalue weighted by Gasteiger charge is 2.10. The SMILES string of the molecule is Cc1ccc(OCC(=O)NNC(=S)NC(=O)c2ccccc2C)cc1. The van der Waals surface area contributed by atoms with Gasteiger partial charge in [0.25, 0.3) is 11.8 Å². The van der Waals surface area contributed by atoms with E-state index in [1.807, 2.05) is 38.1 Å². The number of hydrazine groups is 1. The number of aryl methyl sites for hydroxylation is 2. The molecule has 0 bridgehead atoms. The monoisotopic (exact) mass is 357 g/mol. The van der Waals surface area contributed by atoms with Crippen molar-refractivity contribution in [2.45, 2.75) is 13.8 Å². The number of hydrogen-bond donors (Lipinski definition) is 3. The topological polar surface area (TPSA) is 79.5 Å². The average molecular weight is 357 g/mol. The molecule has 0 heterocycles. The van der Waals surface area contributed by atoms with Crippen molar-refractivity contribution in [2.24, 2.45) is 0 Å². The normalized spacial score (nSPS) is 9.84. The van der Waals surface area contributed by atoms with E-state index in [1.54, 1.807) is 24.3 Å². The van der Waals surface area contributed by atoms with Crippen molar-refractivity contribution >= 4 is 29.1 Å². The summed E-state index contributed by atoms with van der Waals surface area (Å²) in [4.78, 5) is 23.8. The van der Waals surface area contributed by atoms with Gasteiger partial charge in [-0.05, 0) is 49.8 Å². The van der Waals surface area contributed by atoms with Gasteiger partial charge in [0, 0.05) is 5.56 Å². The zero-order chi connectivity index (χ0) is 18.2. The van der Waals surface area contributed by atoms with Gasteiger partial charge in [0.15, 0.2) is 11.7 Å². The van der Waals surface area contributed by atoms with E-state index in [4.69, 9.17) is 17.0 Å². The summed E-state index contributed by atoms with van der Waals surface area (Å²) < 4.78 is 5.34. The Morgan fingerprint density at radius 1 is 1.00 bits per heavy atom. The van der Waals surface area contributed by atoms with Crippen molar-refractivity contribution in [2.75, 3.05) is 6.61 Å². The third-order valence-corrected chi connectivity index (χ3v) is 3.53. The number of ether oxygens (including phenoxy) is 1. The second-order valence-electron chi connectivity index (χ2n) is 5.37. The van der Waals surface area contributed by atoms with Crippen LogP contribution in [0.2, 0.25) is 0 Å². The molecule has 0 aliphatic rings. The molecule has 6 nitrogen and oxygen atoms in total. The molecule has 3 N–H and O–H groups in total. The molecule has 0 aliphatic heterocycles. The third kappa shape index (κ3) is 5.89. The number of carbonyl (C=O) groups is 2. The molecule has 0 radical (unpaired) electrons. The van der Waals surface area contributed by atoms with Crippen LogP contribution in [0.15, 0.2) is 48.5 Å². The first kappa shape index (κ1) is 18.4. The van der Waals surface area contributed by atoms with E-state index in [1.165, 1.54) is 0 Å². The summed E-state index contributed by atoms with van der Waals surface area (Å²) in [5.41, 5.74) is 7.28. The molecule has 2 aromatic rings. The van der Waals surface area contributed by atoms with Crippen LogP contribution in [0.1, 0.15) is 21.5 Å². The molecular formula is C18H19N3O3S. The largest absolute Gasteiger partial charge is 0.484 e. The fraction of sp³-hybridized carbons (Fsp3) is 0.167. The first-order valence-electron chi connectivity index (χ1n) is 7.61. The Morgan fingerprint density at radius 3 is 2.36 bits per heavy atom. The smallest absolute Gasteiger partial charge is 0.276 e. The van der Waals surface area contributed by atoms with Gasteiger partial charge in [-0.15, -0.1) is 0 Å². The van der Waals surface area contributed by atoms with Gasteiger partial charge in [-0.3, -0.25) is 25.8 Å². The molecule has 7 heteroatoms. The quantitative estimate of drug-likeness (QED) is 0.576. The summed E-state index contributed by atoms with van der Waals surface area (Å²) >= 11 is 4.99. The van der Waals surface area contributed by atoms with E-state index < -0.39 is 5.91 Å². The molecule has 0 atom stereocenters. The molecule has 0 unspecified atom stereocenters. The van der Waals surface area contributed by atoms with Crippen LogP contribution in [0.5, 0.6) is 5.75 Å². The van der Waals surface area contributed by atoms with Crippen molar-refractivity contribution in [1.82, 2.24) is 16.2 Å². The fourth-order valence-electron chi connectivity index (χ4n) is 1.98. The summed E-state index contributed by atoms with van der Waals surface area (Å²) in [6.45, 7) is 3.62. The van der Waals surface area contributed by atoms with E-state index in [2.05, 4.69) is 16.2 Å². The summed E-state index contributed by atoms with van der Waals surface area (Å²) in [5.74, 6) is -0.176. The van der Waals surface area contributed by atoms with Crippen LogP contribution in [0.25, 0.3) is 0 Å². The molecule has 0 spiro atoms. The Hall–Kier alpha value is -2.93. The van der Waals surface area contributed by atoms with E-state index in [0.29, 0.717) is 11.3 Å². The van der Waals surface area contributed by atoms with E-state index in [9.17, 15) is 9.59 Å². The predicted molar refractivity (Wildman–Crippen MR) is 99.2 cm³/mol. The van der Waals surface area contributed by atoms with Gasteiger partial charge in [0.1, 0.15) is 5.75 Å². The average Bonchev–Trinajstić information content (AvgIpc) is 2.59. The maximum absolute atomic E-state index is 12.1. The lowest BCUT2D eigenvalue weighted by Crippen LogP contribution is -2.49. The Kier molecular flexibility index (Phi) is 6.47. The van der Waals surface area contributed by atoms with Gasteiger partial charge in [0.2, 0.25) is 0 Å². The first-order chi connectivity index (χ1) is 12.0. The standard InChI is InChI=1S/C18H19N3O3S/c1-12-7-9-14(10-8-12)24-11-16(22)20-21-18(25)19-17(23)15-6-4-3-5-13(15)2/h3-10H,11H2,1-2H3,(H,20,22)(H2,19,21,23,25). The predicted octanol–water partition coefficient (Wildman–Crippen LogP) is 2.02. The van der Waals surface area contributed by atoms with Crippen LogP contribution in [-0.4, -0.2) is 23.5 Å². The van der Waals surface area contributed by atoms with Crippen molar-refractivity contribution in [1.29, 1.82) is 0 Å². The van der Waals surface area contributed by atoms with Crippen LogP contribution in [0, 0.1) is 13.8 Å². The van der Waals surface area contributed by atoms with Crippen LogP contribution in [0.4, 0.5) is 0 Å². The maximum atomic E-state index is 12.1. The van der Waals surface area contributed by atoms with Gasteiger partial charge in [-0.25, -0.2) is 0 Å². The van der Waals surface area contributed by atoms with Gasteiger partial charge in [-0.1, -0.05) is 35.9 Å². The minimum atomic E-state index is -0.423. The molecule has 0 aliphatic carbocycles. The number of nitrogens with one attached hydrogen (secondary N) is 3. The van der Waals surface area contributed by atoms with Gasteiger partial charge in [0.05, 0.1) is 0 Å².